The molecule has 0 fully saturated rings. The molecule has 1 aromatic heterocycles. The fourth-order valence-electron chi connectivity index (χ4n) is 1.42. The molecule has 0 aliphatic rings. The van der Waals surface area contributed by atoms with E-state index in [2.05, 4.69) is 26.2 Å². The minimum atomic E-state index is -0.356. The number of carbonyl (C=O) groups excluding carboxylic acids is 1. The van der Waals surface area contributed by atoms with Crippen LogP contribution < -0.4 is 5.32 Å². The molecule has 4 nitrogen and oxygen atoms in total. The molecule has 1 N–H and O–H groups in total. The van der Waals surface area contributed by atoms with Crippen molar-refractivity contribution in [2.75, 3.05) is 5.32 Å². The zero-order valence-corrected chi connectivity index (χ0v) is 10.8. The van der Waals surface area contributed by atoms with Gasteiger partial charge in [0.25, 0.3) is 5.91 Å². The number of benzene rings is 1. The second-order valence-corrected chi connectivity index (χ2v) is 4.30. The summed E-state index contributed by atoms with van der Waals surface area (Å²) in [6.07, 6.45) is 1.54. The summed E-state index contributed by atoms with van der Waals surface area (Å²) in [6.45, 7) is 0. The van der Waals surface area contributed by atoms with E-state index in [1.54, 1.807) is 36.4 Å². The van der Waals surface area contributed by atoms with E-state index in [4.69, 9.17) is 5.26 Å². The number of carbonyl (C=O) groups is 1. The van der Waals surface area contributed by atoms with E-state index in [1.165, 1.54) is 6.20 Å². The number of nitrogens with zero attached hydrogens (tertiary/aromatic N) is 2. The van der Waals surface area contributed by atoms with Gasteiger partial charge in [0, 0.05) is 10.7 Å². The van der Waals surface area contributed by atoms with Gasteiger partial charge in [-0.15, -0.1) is 0 Å². The first-order valence-corrected chi connectivity index (χ1v) is 5.92. The second kappa shape index (κ2) is 5.43. The monoisotopic (exact) mass is 301 g/mol. The van der Waals surface area contributed by atoms with Crippen molar-refractivity contribution < 1.29 is 4.79 Å². The number of pyridine rings is 1. The van der Waals surface area contributed by atoms with Crippen molar-refractivity contribution >= 4 is 27.5 Å². The van der Waals surface area contributed by atoms with Crippen LogP contribution in [-0.4, -0.2) is 10.9 Å². The molecule has 2 rings (SSSR count). The zero-order valence-electron chi connectivity index (χ0n) is 9.22. The topological polar surface area (TPSA) is 65.8 Å². The van der Waals surface area contributed by atoms with E-state index in [9.17, 15) is 4.79 Å². The molecule has 0 unspecified atom stereocenters. The molecule has 0 aliphatic heterocycles. The molecule has 0 bridgehead atoms. The minimum absolute atomic E-state index is 0.283. The highest BCUT2D eigenvalue weighted by atomic mass is 79.9. The third kappa shape index (κ3) is 2.55. The van der Waals surface area contributed by atoms with Gasteiger partial charge in [-0.1, -0.05) is 12.1 Å². The van der Waals surface area contributed by atoms with Crippen LogP contribution >= 0.6 is 15.9 Å². The number of amides is 1. The third-order valence-corrected chi connectivity index (χ3v) is 2.91. The first kappa shape index (κ1) is 12.3. The predicted molar refractivity (Wildman–Crippen MR) is 71.0 cm³/mol. The Hall–Kier alpha value is -2.19. The van der Waals surface area contributed by atoms with Crippen LogP contribution in [0.2, 0.25) is 0 Å². The van der Waals surface area contributed by atoms with Crippen molar-refractivity contribution in [3.8, 4) is 6.07 Å². The summed E-state index contributed by atoms with van der Waals surface area (Å²) in [7, 11) is 0. The first-order valence-electron chi connectivity index (χ1n) is 5.13. The summed E-state index contributed by atoms with van der Waals surface area (Å²) in [6, 6.07) is 12.3. The van der Waals surface area contributed by atoms with Crippen LogP contribution in [0.4, 0.5) is 5.69 Å². The number of para-hydroxylation sites is 1. The Kier molecular flexibility index (Phi) is 3.70. The number of aromatic nitrogens is 1. The highest BCUT2D eigenvalue weighted by molar-refractivity contribution is 9.10. The lowest BCUT2D eigenvalue weighted by atomic mass is 10.2. The molecule has 0 saturated carbocycles. The molecule has 1 heterocycles. The van der Waals surface area contributed by atoms with Crippen LogP contribution in [0.5, 0.6) is 0 Å². The number of halogens is 1. The van der Waals surface area contributed by atoms with Gasteiger partial charge in [-0.3, -0.25) is 4.79 Å². The van der Waals surface area contributed by atoms with Crippen molar-refractivity contribution in [1.29, 1.82) is 5.26 Å². The van der Waals surface area contributed by atoms with Gasteiger partial charge in [0.2, 0.25) is 0 Å². The molecule has 0 atom stereocenters. The Labute approximate surface area is 112 Å². The lowest BCUT2D eigenvalue weighted by Crippen LogP contribution is -2.15. The molecule has 2 aromatic rings. The fourth-order valence-corrected chi connectivity index (χ4v) is 1.86. The van der Waals surface area contributed by atoms with Crippen LogP contribution in [0.15, 0.2) is 47.1 Å². The Morgan fingerprint density at radius 1 is 1.28 bits per heavy atom. The lowest BCUT2D eigenvalue weighted by Gasteiger charge is -2.07. The first-order chi connectivity index (χ1) is 8.72. The number of rotatable bonds is 2. The quantitative estimate of drug-likeness (QED) is 0.927. The summed E-state index contributed by atoms with van der Waals surface area (Å²) < 4.78 is 0.608. The van der Waals surface area contributed by atoms with E-state index in [0.29, 0.717) is 15.7 Å². The van der Waals surface area contributed by atoms with Crippen LogP contribution in [0.3, 0.4) is 0 Å². The van der Waals surface area contributed by atoms with Crippen LogP contribution in [0.25, 0.3) is 0 Å². The Balaban J connectivity index is 2.28. The maximum Gasteiger partial charge on any atom is 0.275 e. The Morgan fingerprint density at radius 2 is 2.06 bits per heavy atom. The average molecular weight is 302 g/mol. The van der Waals surface area contributed by atoms with Crippen molar-refractivity contribution in [3.63, 3.8) is 0 Å². The van der Waals surface area contributed by atoms with Crippen LogP contribution in [0, 0.1) is 11.3 Å². The fraction of sp³-hybridized carbons (Fsp3) is 0. The highest BCUT2D eigenvalue weighted by Gasteiger charge is 2.12. The van der Waals surface area contributed by atoms with E-state index < -0.39 is 0 Å². The van der Waals surface area contributed by atoms with Crippen molar-refractivity contribution in [2.24, 2.45) is 0 Å². The Bertz CT molecular complexity index is 634. The third-order valence-electron chi connectivity index (χ3n) is 2.27. The maximum atomic E-state index is 12.0. The van der Waals surface area contributed by atoms with Crippen molar-refractivity contribution in [3.05, 3.63) is 58.3 Å². The van der Waals surface area contributed by atoms with Gasteiger partial charge in [0.15, 0.2) is 0 Å². The van der Waals surface area contributed by atoms with Gasteiger partial charge < -0.3 is 5.32 Å². The van der Waals surface area contributed by atoms with Crippen molar-refractivity contribution in [1.82, 2.24) is 4.98 Å². The second-order valence-electron chi connectivity index (χ2n) is 3.45. The highest BCUT2D eigenvalue weighted by Crippen LogP contribution is 2.18. The normalized spacial score (nSPS) is 9.56. The van der Waals surface area contributed by atoms with Gasteiger partial charge in [-0.05, 0) is 40.2 Å². The maximum absolute atomic E-state index is 12.0. The van der Waals surface area contributed by atoms with Gasteiger partial charge in [-0.2, -0.15) is 5.26 Å². The van der Waals surface area contributed by atoms with Crippen molar-refractivity contribution in [2.45, 2.75) is 0 Å². The molecule has 0 radical (unpaired) electrons. The molecular weight excluding hydrogens is 294 g/mol. The molecule has 18 heavy (non-hydrogen) atoms. The molecule has 0 aliphatic carbocycles. The van der Waals surface area contributed by atoms with Gasteiger partial charge in [0.05, 0.1) is 11.3 Å². The minimum Gasteiger partial charge on any atom is -0.319 e. The van der Waals surface area contributed by atoms with E-state index >= 15 is 0 Å². The van der Waals surface area contributed by atoms with E-state index in [-0.39, 0.29) is 11.6 Å². The molecule has 1 aromatic carbocycles. The molecule has 1 amide bonds. The SMILES string of the molecule is N#Cc1ccccc1NC(=O)c1ncccc1Br. The number of anilines is 1. The molecule has 5 heteroatoms. The Morgan fingerprint density at radius 3 is 2.78 bits per heavy atom. The zero-order chi connectivity index (χ0) is 13.0. The number of hydrogen-bond acceptors (Lipinski definition) is 3. The molecule has 0 saturated heterocycles. The molecule has 0 spiro atoms. The average Bonchev–Trinajstić information content (AvgIpc) is 2.39. The van der Waals surface area contributed by atoms with Crippen LogP contribution in [-0.2, 0) is 0 Å². The van der Waals surface area contributed by atoms with E-state index in [1.807, 2.05) is 6.07 Å². The van der Waals surface area contributed by atoms with Gasteiger partial charge in [-0.25, -0.2) is 4.98 Å². The molecule has 88 valence electrons. The number of hydrogen-bond donors (Lipinski definition) is 1. The summed E-state index contributed by atoms with van der Waals surface area (Å²) in [5, 5.41) is 11.6. The van der Waals surface area contributed by atoms with Gasteiger partial charge in [0.1, 0.15) is 11.8 Å². The standard InChI is InChI=1S/C13H8BrN3O/c14-10-5-3-7-16-12(10)13(18)17-11-6-2-1-4-9(11)8-15/h1-7H,(H,17,18). The number of nitriles is 1. The summed E-state index contributed by atoms with van der Waals surface area (Å²) >= 11 is 3.26. The number of nitrogens with one attached hydrogen (secondary N) is 1. The van der Waals surface area contributed by atoms with Crippen LogP contribution in [0.1, 0.15) is 16.1 Å². The smallest absolute Gasteiger partial charge is 0.275 e. The lowest BCUT2D eigenvalue weighted by molar-refractivity contribution is 0.102. The largest absolute Gasteiger partial charge is 0.319 e. The van der Waals surface area contributed by atoms with Gasteiger partial charge >= 0.3 is 0 Å². The summed E-state index contributed by atoms with van der Waals surface area (Å²) in [4.78, 5) is 16.0. The predicted octanol–water partition coefficient (Wildman–Crippen LogP) is 2.97. The van der Waals surface area contributed by atoms with E-state index in [0.717, 1.165) is 0 Å². The summed E-state index contributed by atoms with van der Waals surface area (Å²) in [5.41, 5.74) is 1.17. The summed E-state index contributed by atoms with van der Waals surface area (Å²) in [5.74, 6) is -0.356. The molecular formula is C13H8BrN3O.